The highest BCUT2D eigenvalue weighted by Gasteiger charge is 2.15. The van der Waals surface area contributed by atoms with E-state index >= 15 is 0 Å². The molecule has 4 nitrogen and oxygen atoms in total. The van der Waals surface area contributed by atoms with Crippen molar-refractivity contribution in [1.82, 2.24) is 0 Å². The summed E-state index contributed by atoms with van der Waals surface area (Å²) >= 11 is 0. The van der Waals surface area contributed by atoms with Crippen LogP contribution in [0.25, 0.3) is 0 Å². The highest BCUT2D eigenvalue weighted by atomic mass is 27.0. The first-order valence-corrected chi connectivity index (χ1v) is 4.86. The van der Waals surface area contributed by atoms with Gasteiger partial charge < -0.3 is 9.84 Å². The topological polar surface area (TPSA) is 63.6 Å². The molecule has 1 aromatic carbocycles. The summed E-state index contributed by atoms with van der Waals surface area (Å²) in [6, 6.07) is 6.70. The minimum absolute atomic E-state index is 0. The van der Waals surface area contributed by atoms with E-state index in [0.29, 0.717) is 0 Å². The van der Waals surface area contributed by atoms with Crippen LogP contribution in [-0.4, -0.2) is 34.6 Å². The van der Waals surface area contributed by atoms with Crippen molar-refractivity contribution in [3.8, 4) is 0 Å². The zero-order valence-corrected chi connectivity index (χ0v) is 9.48. The monoisotopic (exact) mass is 252 g/mol. The van der Waals surface area contributed by atoms with Gasteiger partial charge in [0.2, 0.25) is 0 Å². The number of hydrogen-bond acceptors (Lipinski definition) is 3. The Bertz CT molecular complexity index is 404. The van der Waals surface area contributed by atoms with Crippen molar-refractivity contribution in [2.75, 3.05) is 0 Å². The second-order valence-corrected chi connectivity index (χ2v) is 4.48. The SMILES string of the molecule is CC(C)(C)c1ccc(C(=O)OC(=O)O)cc1.[AlH3]. The summed E-state index contributed by atoms with van der Waals surface area (Å²) in [7, 11) is 0. The zero-order chi connectivity index (χ0) is 12.3. The van der Waals surface area contributed by atoms with Crippen molar-refractivity contribution in [3.63, 3.8) is 0 Å². The molecule has 0 spiro atoms. The number of esters is 1. The predicted octanol–water partition coefficient (Wildman–Crippen LogP) is 1.64. The molecule has 5 heteroatoms. The lowest BCUT2D eigenvalue weighted by Crippen LogP contribution is -2.13. The largest absolute Gasteiger partial charge is 0.513 e. The average Bonchev–Trinajstić information content (AvgIpc) is 2.15. The first-order valence-electron chi connectivity index (χ1n) is 4.86. The van der Waals surface area contributed by atoms with Gasteiger partial charge in [-0.15, -0.1) is 0 Å². The van der Waals surface area contributed by atoms with Crippen LogP contribution in [0.2, 0.25) is 0 Å². The maximum Gasteiger partial charge on any atom is 0.513 e. The van der Waals surface area contributed by atoms with Crippen molar-refractivity contribution in [2.45, 2.75) is 26.2 Å². The molecule has 0 saturated heterocycles. The second kappa shape index (κ2) is 5.85. The van der Waals surface area contributed by atoms with Gasteiger partial charge >= 0.3 is 12.1 Å². The molecule has 0 unspecified atom stereocenters. The summed E-state index contributed by atoms with van der Waals surface area (Å²) in [5.74, 6) is -0.854. The van der Waals surface area contributed by atoms with E-state index in [1.54, 1.807) is 24.3 Å². The van der Waals surface area contributed by atoms with E-state index < -0.39 is 12.1 Å². The quantitative estimate of drug-likeness (QED) is 0.469. The van der Waals surface area contributed by atoms with Gasteiger partial charge in [0.25, 0.3) is 0 Å². The van der Waals surface area contributed by atoms with Gasteiger partial charge in [-0.2, -0.15) is 0 Å². The van der Waals surface area contributed by atoms with Crippen LogP contribution in [0.5, 0.6) is 0 Å². The normalized spacial score (nSPS) is 10.3. The minimum Gasteiger partial charge on any atom is -0.449 e. The van der Waals surface area contributed by atoms with E-state index in [1.165, 1.54) is 0 Å². The molecule has 1 rings (SSSR count). The first-order chi connectivity index (χ1) is 7.30. The van der Waals surface area contributed by atoms with Gasteiger partial charge in [0.1, 0.15) is 0 Å². The van der Waals surface area contributed by atoms with Crippen LogP contribution in [0.4, 0.5) is 4.79 Å². The van der Waals surface area contributed by atoms with Gasteiger partial charge in [-0.3, -0.25) is 0 Å². The van der Waals surface area contributed by atoms with Crippen LogP contribution in [0.3, 0.4) is 0 Å². The molecule has 0 heterocycles. The van der Waals surface area contributed by atoms with E-state index in [-0.39, 0.29) is 28.3 Å². The molecule has 0 aliphatic heterocycles. The lowest BCUT2D eigenvalue weighted by Gasteiger charge is -2.18. The number of carbonyl (C=O) groups is 2. The molecule has 1 N–H and O–H groups in total. The Morgan fingerprint density at radius 1 is 1.12 bits per heavy atom. The van der Waals surface area contributed by atoms with Gasteiger partial charge in [0, 0.05) is 0 Å². The Balaban J connectivity index is 0.00000256. The van der Waals surface area contributed by atoms with E-state index in [1.807, 2.05) is 0 Å². The predicted molar refractivity (Wildman–Crippen MR) is 68.5 cm³/mol. The lowest BCUT2D eigenvalue weighted by atomic mass is 9.87. The molecule has 0 radical (unpaired) electrons. The molecule has 17 heavy (non-hydrogen) atoms. The van der Waals surface area contributed by atoms with Crippen molar-refractivity contribution < 1.29 is 19.4 Å². The smallest absolute Gasteiger partial charge is 0.449 e. The van der Waals surface area contributed by atoms with E-state index in [9.17, 15) is 9.59 Å². The van der Waals surface area contributed by atoms with Crippen molar-refractivity contribution in [3.05, 3.63) is 35.4 Å². The lowest BCUT2D eigenvalue weighted by molar-refractivity contribution is 0.0509. The zero-order valence-electron chi connectivity index (χ0n) is 9.48. The fourth-order valence-electron chi connectivity index (χ4n) is 1.24. The summed E-state index contributed by atoms with van der Waals surface area (Å²) in [4.78, 5) is 21.4. The van der Waals surface area contributed by atoms with Crippen LogP contribution < -0.4 is 0 Å². The van der Waals surface area contributed by atoms with Gasteiger partial charge in [-0.05, 0) is 23.1 Å². The maximum atomic E-state index is 11.2. The standard InChI is InChI=1S/C12H14O4.Al.3H/c1-12(2,3)9-6-4-8(5-7-9)10(13)16-11(14)15;;;;/h4-7H,1-3H3,(H,14,15);;;;. The minimum atomic E-state index is -1.59. The number of ether oxygens (including phenoxy) is 1. The number of carboxylic acid groups (broad SMARTS) is 1. The summed E-state index contributed by atoms with van der Waals surface area (Å²) in [5.41, 5.74) is 1.30. The highest BCUT2D eigenvalue weighted by molar-refractivity contribution is 5.94. The number of carbonyl (C=O) groups excluding carboxylic acids is 1. The van der Waals surface area contributed by atoms with Crippen molar-refractivity contribution >= 4 is 29.5 Å². The van der Waals surface area contributed by atoms with Crippen LogP contribution >= 0.6 is 0 Å². The van der Waals surface area contributed by atoms with Crippen LogP contribution in [-0.2, 0) is 10.2 Å². The van der Waals surface area contributed by atoms with E-state index in [4.69, 9.17) is 5.11 Å². The Morgan fingerprint density at radius 2 is 1.59 bits per heavy atom. The third-order valence-electron chi connectivity index (χ3n) is 2.17. The van der Waals surface area contributed by atoms with E-state index in [0.717, 1.165) is 5.56 Å². The molecule has 0 aliphatic rings. The molecule has 0 aromatic heterocycles. The van der Waals surface area contributed by atoms with Gasteiger partial charge in [0.15, 0.2) is 17.4 Å². The molecular weight excluding hydrogens is 235 g/mol. The molecule has 0 atom stereocenters. The van der Waals surface area contributed by atoms with Crippen LogP contribution in [0.15, 0.2) is 24.3 Å². The second-order valence-electron chi connectivity index (χ2n) is 4.48. The Morgan fingerprint density at radius 3 is 1.94 bits per heavy atom. The molecule has 0 aliphatic carbocycles. The molecule has 0 bridgehead atoms. The Hall–Kier alpha value is -1.31. The van der Waals surface area contributed by atoms with Crippen LogP contribution in [0, 0.1) is 0 Å². The molecule has 1 aromatic rings. The van der Waals surface area contributed by atoms with Crippen molar-refractivity contribution in [2.24, 2.45) is 0 Å². The summed E-state index contributed by atoms with van der Waals surface area (Å²) in [6.45, 7) is 6.16. The molecule has 92 valence electrons. The fraction of sp³-hybridized carbons (Fsp3) is 0.333. The van der Waals surface area contributed by atoms with Gasteiger partial charge in [-0.1, -0.05) is 32.9 Å². The third-order valence-corrected chi connectivity index (χ3v) is 2.17. The Kier molecular flexibility index (Phi) is 5.40. The van der Waals surface area contributed by atoms with Gasteiger partial charge in [0.05, 0.1) is 5.56 Å². The first kappa shape index (κ1) is 15.7. The summed E-state index contributed by atoms with van der Waals surface area (Å²) in [5, 5.41) is 8.29. The molecular formula is C12H17AlO4. The highest BCUT2D eigenvalue weighted by Crippen LogP contribution is 2.22. The molecule has 0 fully saturated rings. The summed E-state index contributed by atoms with van der Waals surface area (Å²) in [6.07, 6.45) is -1.59. The van der Waals surface area contributed by atoms with Gasteiger partial charge in [-0.25, -0.2) is 9.59 Å². The third kappa shape index (κ3) is 4.60. The summed E-state index contributed by atoms with van der Waals surface area (Å²) < 4.78 is 4.04. The Labute approximate surface area is 111 Å². The number of benzene rings is 1. The number of rotatable bonds is 1. The number of hydrogen-bond donors (Lipinski definition) is 1. The van der Waals surface area contributed by atoms with Crippen molar-refractivity contribution in [1.29, 1.82) is 0 Å². The molecule has 0 amide bonds. The van der Waals surface area contributed by atoms with E-state index in [2.05, 4.69) is 25.5 Å². The average molecular weight is 252 g/mol. The fourth-order valence-corrected chi connectivity index (χ4v) is 1.24. The maximum absolute atomic E-state index is 11.2. The molecule has 0 saturated carbocycles. The van der Waals surface area contributed by atoms with Crippen LogP contribution in [0.1, 0.15) is 36.7 Å².